The van der Waals surface area contributed by atoms with Crippen molar-refractivity contribution in [3.63, 3.8) is 0 Å². The number of nitrogens with one attached hydrogen (secondary N) is 2. The van der Waals surface area contributed by atoms with Crippen LogP contribution in [0.2, 0.25) is 0 Å². The Kier molecular flexibility index (Phi) is 6.49. The van der Waals surface area contributed by atoms with Crippen LogP contribution in [-0.4, -0.2) is 27.8 Å². The number of amides is 2. The molecular formula is C21H22N4O2S. The topological polar surface area (TPSA) is 84.0 Å². The molecule has 0 bridgehead atoms. The zero-order valence-electron chi connectivity index (χ0n) is 15.8. The first kappa shape index (κ1) is 19.7. The second-order valence-electron chi connectivity index (χ2n) is 6.69. The number of aromatic nitrogens is 2. The van der Waals surface area contributed by atoms with Crippen LogP contribution in [-0.2, 0) is 16.0 Å². The molecule has 2 heterocycles. The van der Waals surface area contributed by atoms with E-state index in [0.29, 0.717) is 10.8 Å². The van der Waals surface area contributed by atoms with E-state index in [1.807, 2.05) is 67.8 Å². The van der Waals surface area contributed by atoms with Gasteiger partial charge in [0, 0.05) is 11.6 Å². The zero-order chi connectivity index (χ0) is 19.9. The van der Waals surface area contributed by atoms with Crippen molar-refractivity contribution in [1.82, 2.24) is 15.3 Å². The fraction of sp³-hybridized carbons (Fsp3) is 0.238. The van der Waals surface area contributed by atoms with Gasteiger partial charge in [0.1, 0.15) is 11.7 Å². The van der Waals surface area contributed by atoms with E-state index in [-0.39, 0.29) is 24.2 Å². The van der Waals surface area contributed by atoms with Gasteiger partial charge in [-0.25, -0.2) is 4.98 Å². The first-order valence-corrected chi connectivity index (χ1v) is 9.92. The van der Waals surface area contributed by atoms with E-state index in [0.717, 1.165) is 11.3 Å². The van der Waals surface area contributed by atoms with Gasteiger partial charge in [0.2, 0.25) is 11.8 Å². The van der Waals surface area contributed by atoms with Crippen molar-refractivity contribution >= 4 is 28.3 Å². The van der Waals surface area contributed by atoms with Crippen molar-refractivity contribution in [3.05, 3.63) is 65.7 Å². The number of nitrogens with zero attached hydrogens (tertiary/aromatic N) is 2. The Balaban J connectivity index is 1.63. The molecule has 7 heteroatoms. The van der Waals surface area contributed by atoms with E-state index in [1.54, 1.807) is 6.20 Å². The third kappa shape index (κ3) is 5.23. The lowest BCUT2D eigenvalue weighted by atomic mass is 10.0. The van der Waals surface area contributed by atoms with Crippen LogP contribution in [0, 0.1) is 5.92 Å². The summed E-state index contributed by atoms with van der Waals surface area (Å²) in [6, 6.07) is 14.4. The van der Waals surface area contributed by atoms with Crippen LogP contribution in [0.1, 0.15) is 19.4 Å². The number of pyridine rings is 1. The highest BCUT2D eigenvalue weighted by molar-refractivity contribution is 7.14. The molecule has 0 spiro atoms. The van der Waals surface area contributed by atoms with Gasteiger partial charge in [0.05, 0.1) is 12.1 Å². The van der Waals surface area contributed by atoms with Crippen LogP contribution in [0.5, 0.6) is 0 Å². The highest BCUT2D eigenvalue weighted by Gasteiger charge is 2.25. The van der Waals surface area contributed by atoms with Crippen molar-refractivity contribution < 1.29 is 9.59 Å². The summed E-state index contributed by atoms with van der Waals surface area (Å²) in [5.41, 5.74) is 2.36. The highest BCUT2D eigenvalue weighted by atomic mass is 32.1. The molecule has 28 heavy (non-hydrogen) atoms. The van der Waals surface area contributed by atoms with Gasteiger partial charge in [-0.3, -0.25) is 14.6 Å². The molecule has 1 unspecified atom stereocenters. The number of carbonyl (C=O) groups excluding carboxylic acids is 2. The standard InChI is InChI=1S/C21H22N4O2S/c1-14(2)19(24-18(26)12-15-8-4-3-5-9-15)20(27)25-21-23-17(13-28-21)16-10-6-7-11-22-16/h3-11,13-14,19H,12H2,1-2H3,(H,24,26)(H,23,25,27). The van der Waals surface area contributed by atoms with Crippen LogP contribution < -0.4 is 10.6 Å². The van der Waals surface area contributed by atoms with E-state index in [2.05, 4.69) is 20.6 Å². The van der Waals surface area contributed by atoms with E-state index < -0.39 is 6.04 Å². The third-order valence-electron chi connectivity index (χ3n) is 4.13. The van der Waals surface area contributed by atoms with Crippen LogP contribution in [0.15, 0.2) is 60.1 Å². The summed E-state index contributed by atoms with van der Waals surface area (Å²) in [6.45, 7) is 3.79. The lowest BCUT2D eigenvalue weighted by Gasteiger charge is -2.21. The summed E-state index contributed by atoms with van der Waals surface area (Å²) < 4.78 is 0. The van der Waals surface area contributed by atoms with Gasteiger partial charge < -0.3 is 10.6 Å². The second-order valence-corrected chi connectivity index (χ2v) is 7.55. The Morgan fingerprint density at radius 3 is 2.46 bits per heavy atom. The molecule has 1 atom stereocenters. The van der Waals surface area contributed by atoms with Gasteiger partial charge in [0.25, 0.3) is 0 Å². The molecule has 3 rings (SSSR count). The zero-order valence-corrected chi connectivity index (χ0v) is 16.6. The van der Waals surface area contributed by atoms with Gasteiger partial charge in [0.15, 0.2) is 5.13 Å². The SMILES string of the molecule is CC(C)C(NC(=O)Cc1ccccc1)C(=O)Nc1nc(-c2ccccn2)cs1. The van der Waals surface area contributed by atoms with E-state index in [9.17, 15) is 9.59 Å². The summed E-state index contributed by atoms with van der Waals surface area (Å²) in [5.74, 6) is -0.526. The minimum Gasteiger partial charge on any atom is -0.344 e. The van der Waals surface area contributed by atoms with Crippen LogP contribution >= 0.6 is 11.3 Å². The summed E-state index contributed by atoms with van der Waals surface area (Å²) in [7, 11) is 0. The van der Waals surface area contributed by atoms with Crippen molar-refractivity contribution in [2.24, 2.45) is 5.92 Å². The third-order valence-corrected chi connectivity index (χ3v) is 4.89. The highest BCUT2D eigenvalue weighted by Crippen LogP contribution is 2.23. The summed E-state index contributed by atoms with van der Waals surface area (Å²) in [5, 5.41) is 7.97. The van der Waals surface area contributed by atoms with Gasteiger partial charge in [-0.2, -0.15) is 0 Å². The molecule has 0 radical (unpaired) electrons. The smallest absolute Gasteiger partial charge is 0.248 e. The summed E-state index contributed by atoms with van der Waals surface area (Å²) in [4.78, 5) is 33.8. The monoisotopic (exact) mass is 394 g/mol. The average molecular weight is 395 g/mol. The maximum Gasteiger partial charge on any atom is 0.248 e. The van der Waals surface area contributed by atoms with Gasteiger partial charge in [-0.05, 0) is 23.6 Å². The molecule has 6 nitrogen and oxygen atoms in total. The fourth-order valence-corrected chi connectivity index (χ4v) is 3.39. The van der Waals surface area contributed by atoms with Crippen molar-refractivity contribution in [2.75, 3.05) is 5.32 Å². The lowest BCUT2D eigenvalue weighted by molar-refractivity contribution is -0.127. The molecule has 2 N–H and O–H groups in total. The summed E-state index contributed by atoms with van der Waals surface area (Å²) in [6.07, 6.45) is 1.93. The van der Waals surface area contributed by atoms with Crippen LogP contribution in [0.4, 0.5) is 5.13 Å². The van der Waals surface area contributed by atoms with Gasteiger partial charge >= 0.3 is 0 Å². The molecule has 0 aliphatic carbocycles. The minimum atomic E-state index is -0.640. The number of anilines is 1. The quantitative estimate of drug-likeness (QED) is 0.642. The number of carbonyl (C=O) groups is 2. The number of hydrogen-bond donors (Lipinski definition) is 2. The predicted octanol–water partition coefficient (Wildman–Crippen LogP) is 3.53. The van der Waals surface area contributed by atoms with E-state index in [1.165, 1.54) is 11.3 Å². The summed E-state index contributed by atoms with van der Waals surface area (Å²) >= 11 is 1.33. The largest absolute Gasteiger partial charge is 0.344 e. The van der Waals surface area contributed by atoms with E-state index >= 15 is 0 Å². The molecule has 0 fully saturated rings. The van der Waals surface area contributed by atoms with Gasteiger partial charge in [-0.1, -0.05) is 50.2 Å². The Bertz CT molecular complexity index is 926. The number of thiazole rings is 1. The Morgan fingerprint density at radius 1 is 1.04 bits per heavy atom. The lowest BCUT2D eigenvalue weighted by Crippen LogP contribution is -2.47. The molecule has 0 saturated heterocycles. The molecule has 2 aromatic heterocycles. The molecule has 144 valence electrons. The molecule has 3 aromatic rings. The molecule has 2 amide bonds. The Hall–Kier alpha value is -3.06. The van der Waals surface area contributed by atoms with Crippen molar-refractivity contribution in [1.29, 1.82) is 0 Å². The molecule has 0 aliphatic rings. The predicted molar refractivity (Wildman–Crippen MR) is 111 cm³/mol. The number of benzene rings is 1. The first-order chi connectivity index (χ1) is 13.5. The molecule has 0 aliphatic heterocycles. The van der Waals surface area contributed by atoms with Crippen LogP contribution in [0.3, 0.4) is 0 Å². The first-order valence-electron chi connectivity index (χ1n) is 9.04. The maximum atomic E-state index is 12.7. The maximum absolute atomic E-state index is 12.7. The molecule has 1 aromatic carbocycles. The van der Waals surface area contributed by atoms with Crippen LogP contribution in [0.25, 0.3) is 11.4 Å². The number of hydrogen-bond acceptors (Lipinski definition) is 5. The van der Waals surface area contributed by atoms with E-state index in [4.69, 9.17) is 0 Å². The number of rotatable bonds is 7. The second kappa shape index (κ2) is 9.23. The average Bonchev–Trinajstić information content (AvgIpc) is 3.16. The molecular weight excluding hydrogens is 372 g/mol. The minimum absolute atomic E-state index is 0.0602. The van der Waals surface area contributed by atoms with Crippen molar-refractivity contribution in [3.8, 4) is 11.4 Å². The Morgan fingerprint density at radius 2 is 1.79 bits per heavy atom. The fourth-order valence-electron chi connectivity index (χ4n) is 2.69. The Labute approximate surface area is 168 Å². The van der Waals surface area contributed by atoms with Crippen molar-refractivity contribution in [2.45, 2.75) is 26.3 Å². The molecule has 0 saturated carbocycles. The normalized spacial score (nSPS) is 11.8. The van der Waals surface area contributed by atoms with Gasteiger partial charge in [-0.15, -0.1) is 11.3 Å².